The van der Waals surface area contributed by atoms with Crippen LogP contribution in [0.1, 0.15) is 6.42 Å². The summed E-state index contributed by atoms with van der Waals surface area (Å²) in [7, 11) is 2.00. The number of nitrogens with zero attached hydrogens (tertiary/aromatic N) is 1. The molecular formula is C8H16ClNO2. The van der Waals surface area contributed by atoms with Gasteiger partial charge in [0, 0.05) is 25.1 Å². The van der Waals surface area contributed by atoms with Gasteiger partial charge in [0.1, 0.15) is 0 Å². The Morgan fingerprint density at radius 3 is 3.00 bits per heavy atom. The second-order valence-electron chi connectivity index (χ2n) is 3.27. The summed E-state index contributed by atoms with van der Waals surface area (Å²) in [5.74, 6) is 0.303. The summed E-state index contributed by atoms with van der Waals surface area (Å²) in [5, 5.41) is 9.27. The number of aliphatic hydroxyl groups is 1. The van der Waals surface area contributed by atoms with Crippen molar-refractivity contribution in [3.8, 4) is 0 Å². The topological polar surface area (TPSA) is 32.7 Å². The molecule has 2 atom stereocenters. The van der Waals surface area contributed by atoms with E-state index in [1.54, 1.807) is 0 Å². The highest BCUT2D eigenvalue weighted by molar-refractivity contribution is 6.18. The SMILES string of the molecule is CN(CC(O)CCl)C1CCOC1. The monoisotopic (exact) mass is 193 g/mol. The Balaban J connectivity index is 2.21. The molecule has 1 N–H and O–H groups in total. The van der Waals surface area contributed by atoms with Crippen molar-refractivity contribution in [3.05, 3.63) is 0 Å². The lowest BCUT2D eigenvalue weighted by molar-refractivity contribution is 0.107. The minimum atomic E-state index is -0.419. The zero-order valence-electron chi connectivity index (χ0n) is 7.37. The van der Waals surface area contributed by atoms with E-state index in [4.69, 9.17) is 16.3 Å². The first-order chi connectivity index (χ1) is 5.74. The van der Waals surface area contributed by atoms with E-state index in [-0.39, 0.29) is 0 Å². The molecule has 0 aromatic rings. The van der Waals surface area contributed by atoms with Crippen molar-refractivity contribution in [3.63, 3.8) is 0 Å². The molecule has 1 fully saturated rings. The molecule has 1 saturated heterocycles. The molecule has 1 aliphatic rings. The van der Waals surface area contributed by atoms with Crippen LogP contribution in [0.2, 0.25) is 0 Å². The summed E-state index contributed by atoms with van der Waals surface area (Å²) in [6.07, 6.45) is 0.642. The van der Waals surface area contributed by atoms with Gasteiger partial charge in [-0.1, -0.05) is 0 Å². The molecule has 12 heavy (non-hydrogen) atoms. The summed E-state index contributed by atoms with van der Waals surface area (Å²) in [6, 6.07) is 0.461. The van der Waals surface area contributed by atoms with Crippen LogP contribution in [0.4, 0.5) is 0 Å². The number of halogens is 1. The summed E-state index contributed by atoms with van der Waals surface area (Å²) in [5.41, 5.74) is 0. The van der Waals surface area contributed by atoms with E-state index in [0.717, 1.165) is 19.6 Å². The number of hydrogen-bond acceptors (Lipinski definition) is 3. The van der Waals surface area contributed by atoms with Crippen molar-refractivity contribution >= 4 is 11.6 Å². The maximum absolute atomic E-state index is 9.27. The van der Waals surface area contributed by atoms with Gasteiger partial charge in [0.2, 0.25) is 0 Å². The molecular weight excluding hydrogens is 178 g/mol. The van der Waals surface area contributed by atoms with Gasteiger partial charge in [-0.05, 0) is 13.5 Å². The molecule has 0 spiro atoms. The maximum atomic E-state index is 9.27. The maximum Gasteiger partial charge on any atom is 0.0802 e. The van der Waals surface area contributed by atoms with E-state index < -0.39 is 6.10 Å². The molecule has 1 rings (SSSR count). The lowest BCUT2D eigenvalue weighted by Gasteiger charge is -2.24. The number of likely N-dealkylation sites (N-methyl/N-ethyl adjacent to an activating group) is 1. The highest BCUT2D eigenvalue weighted by Gasteiger charge is 2.21. The van der Waals surface area contributed by atoms with Crippen LogP contribution in [0.15, 0.2) is 0 Å². The van der Waals surface area contributed by atoms with Gasteiger partial charge < -0.3 is 9.84 Å². The predicted molar refractivity (Wildman–Crippen MR) is 48.6 cm³/mol. The molecule has 0 radical (unpaired) electrons. The third kappa shape index (κ3) is 2.90. The van der Waals surface area contributed by atoms with Crippen LogP contribution in [0, 0.1) is 0 Å². The fourth-order valence-corrected chi connectivity index (χ4v) is 1.50. The van der Waals surface area contributed by atoms with E-state index >= 15 is 0 Å². The molecule has 0 amide bonds. The minimum Gasteiger partial charge on any atom is -0.391 e. The second kappa shape index (κ2) is 5.02. The molecule has 0 aliphatic carbocycles. The third-order valence-electron chi connectivity index (χ3n) is 2.21. The van der Waals surface area contributed by atoms with E-state index in [1.807, 2.05) is 7.05 Å². The van der Waals surface area contributed by atoms with Gasteiger partial charge in [-0.25, -0.2) is 0 Å². The van der Waals surface area contributed by atoms with E-state index in [0.29, 0.717) is 18.5 Å². The molecule has 1 aliphatic heterocycles. The lowest BCUT2D eigenvalue weighted by atomic mass is 10.2. The summed E-state index contributed by atoms with van der Waals surface area (Å²) >= 11 is 5.49. The molecule has 1 heterocycles. The number of alkyl halides is 1. The fourth-order valence-electron chi connectivity index (χ4n) is 1.40. The lowest BCUT2D eigenvalue weighted by Crippen LogP contribution is -2.38. The molecule has 0 aromatic carbocycles. The number of rotatable bonds is 4. The van der Waals surface area contributed by atoms with Crippen molar-refractivity contribution < 1.29 is 9.84 Å². The Kier molecular flexibility index (Phi) is 4.29. The van der Waals surface area contributed by atoms with Crippen LogP contribution >= 0.6 is 11.6 Å². The van der Waals surface area contributed by atoms with Crippen LogP contribution in [0.5, 0.6) is 0 Å². The molecule has 2 unspecified atom stereocenters. The Bertz CT molecular complexity index is 128. The zero-order chi connectivity index (χ0) is 8.97. The molecule has 0 bridgehead atoms. The molecule has 0 aromatic heterocycles. The third-order valence-corrected chi connectivity index (χ3v) is 2.56. The van der Waals surface area contributed by atoms with Crippen molar-refractivity contribution in [2.45, 2.75) is 18.6 Å². The molecule has 0 saturated carbocycles. The van der Waals surface area contributed by atoms with Gasteiger partial charge in [0.25, 0.3) is 0 Å². The zero-order valence-corrected chi connectivity index (χ0v) is 8.13. The Hall–Kier alpha value is 0.170. The normalized spacial score (nSPS) is 26.5. The Labute approximate surface area is 78.3 Å². The van der Waals surface area contributed by atoms with Crippen molar-refractivity contribution in [1.82, 2.24) is 4.90 Å². The van der Waals surface area contributed by atoms with Gasteiger partial charge in [-0.3, -0.25) is 4.90 Å². The first-order valence-electron chi connectivity index (χ1n) is 4.26. The Morgan fingerprint density at radius 1 is 1.75 bits per heavy atom. The van der Waals surface area contributed by atoms with Crippen molar-refractivity contribution in [2.75, 3.05) is 32.7 Å². The Morgan fingerprint density at radius 2 is 2.50 bits per heavy atom. The number of ether oxygens (including phenoxy) is 1. The van der Waals surface area contributed by atoms with Gasteiger partial charge >= 0.3 is 0 Å². The first-order valence-corrected chi connectivity index (χ1v) is 4.79. The van der Waals surface area contributed by atoms with Gasteiger partial charge in [0.05, 0.1) is 12.7 Å². The number of hydrogen-bond donors (Lipinski definition) is 1. The highest BCUT2D eigenvalue weighted by Crippen LogP contribution is 2.10. The van der Waals surface area contributed by atoms with Crippen LogP contribution in [-0.4, -0.2) is 54.8 Å². The highest BCUT2D eigenvalue weighted by atomic mass is 35.5. The standard InChI is InChI=1S/C8H16ClNO2/c1-10(5-8(11)4-9)7-2-3-12-6-7/h7-8,11H,2-6H2,1H3. The summed E-state index contributed by atoms with van der Waals surface area (Å²) < 4.78 is 5.24. The molecule has 3 nitrogen and oxygen atoms in total. The van der Waals surface area contributed by atoms with Crippen LogP contribution in [-0.2, 0) is 4.74 Å². The average Bonchev–Trinajstić information content (AvgIpc) is 2.56. The van der Waals surface area contributed by atoms with Crippen molar-refractivity contribution in [1.29, 1.82) is 0 Å². The first kappa shape index (κ1) is 10.3. The molecule has 4 heteroatoms. The largest absolute Gasteiger partial charge is 0.391 e. The van der Waals surface area contributed by atoms with Crippen molar-refractivity contribution in [2.24, 2.45) is 0 Å². The van der Waals surface area contributed by atoms with Crippen LogP contribution in [0.3, 0.4) is 0 Å². The molecule has 72 valence electrons. The predicted octanol–water partition coefficient (Wildman–Crippen LogP) is 0.307. The van der Waals surface area contributed by atoms with Gasteiger partial charge in [0.15, 0.2) is 0 Å². The van der Waals surface area contributed by atoms with E-state index in [9.17, 15) is 5.11 Å². The van der Waals surface area contributed by atoms with Gasteiger partial charge in [-0.2, -0.15) is 0 Å². The quantitative estimate of drug-likeness (QED) is 0.653. The summed E-state index contributed by atoms with van der Waals surface area (Å²) in [4.78, 5) is 2.11. The van der Waals surface area contributed by atoms with Gasteiger partial charge in [-0.15, -0.1) is 11.6 Å². The minimum absolute atomic E-state index is 0.303. The van der Waals surface area contributed by atoms with Crippen LogP contribution in [0.25, 0.3) is 0 Å². The summed E-state index contributed by atoms with van der Waals surface area (Å²) in [6.45, 7) is 2.26. The average molecular weight is 194 g/mol. The fraction of sp³-hybridized carbons (Fsp3) is 1.00. The van der Waals surface area contributed by atoms with E-state index in [1.165, 1.54) is 0 Å². The smallest absolute Gasteiger partial charge is 0.0802 e. The van der Waals surface area contributed by atoms with Crippen LogP contribution < -0.4 is 0 Å². The second-order valence-corrected chi connectivity index (χ2v) is 3.57. The number of aliphatic hydroxyl groups excluding tert-OH is 1. The van der Waals surface area contributed by atoms with E-state index in [2.05, 4.69) is 4.90 Å².